The first-order valence-corrected chi connectivity index (χ1v) is 19.3. The number of aromatic nitrogens is 3. The summed E-state index contributed by atoms with van der Waals surface area (Å²) in [6, 6.07) is 69.0. The van der Waals surface area contributed by atoms with E-state index in [1.54, 1.807) is 0 Å². The van der Waals surface area contributed by atoms with Crippen LogP contribution in [0.5, 0.6) is 11.5 Å². The van der Waals surface area contributed by atoms with Gasteiger partial charge in [-0.05, 0) is 57.1 Å². The fourth-order valence-corrected chi connectivity index (χ4v) is 8.89. The average molecular weight is 741 g/mol. The molecule has 1 atom stereocenters. The van der Waals surface area contributed by atoms with Crippen LogP contribution in [0.15, 0.2) is 194 Å². The Bertz CT molecular complexity index is 3020. The van der Waals surface area contributed by atoms with E-state index in [2.05, 4.69) is 109 Å². The van der Waals surface area contributed by atoms with Crippen molar-refractivity contribution in [2.45, 2.75) is 5.41 Å². The minimum Gasteiger partial charge on any atom is -0.456 e. The van der Waals surface area contributed by atoms with E-state index in [1.807, 2.05) is 91.0 Å². The van der Waals surface area contributed by atoms with Gasteiger partial charge in [0.15, 0.2) is 17.5 Å². The van der Waals surface area contributed by atoms with Gasteiger partial charge in [-0.1, -0.05) is 176 Å². The van der Waals surface area contributed by atoms with Crippen molar-refractivity contribution in [2.24, 2.45) is 0 Å². The lowest BCUT2D eigenvalue weighted by atomic mass is 9.65. The van der Waals surface area contributed by atoms with Gasteiger partial charge >= 0.3 is 0 Å². The molecule has 5 heteroatoms. The molecule has 0 fully saturated rings. The summed E-state index contributed by atoms with van der Waals surface area (Å²) < 4.78 is 7.00. The minimum absolute atomic E-state index is 0.619. The van der Waals surface area contributed by atoms with Gasteiger partial charge in [0.25, 0.3) is 0 Å². The van der Waals surface area contributed by atoms with Gasteiger partial charge in [0.05, 0.1) is 17.0 Å². The Kier molecular flexibility index (Phi) is 7.70. The smallest absolute Gasteiger partial charge is 0.164 e. The van der Waals surface area contributed by atoms with Crippen LogP contribution in [0.25, 0.3) is 67.5 Å². The van der Waals surface area contributed by atoms with Crippen LogP contribution in [0.3, 0.4) is 0 Å². The number of benzene rings is 8. The van der Waals surface area contributed by atoms with Crippen LogP contribution in [-0.2, 0) is 5.41 Å². The Morgan fingerprint density at radius 2 is 0.879 bits per heavy atom. The van der Waals surface area contributed by atoms with Gasteiger partial charge in [0.1, 0.15) is 11.5 Å². The van der Waals surface area contributed by atoms with Gasteiger partial charge < -0.3 is 4.74 Å². The zero-order chi connectivity index (χ0) is 38.6. The lowest BCUT2D eigenvalue weighted by Gasteiger charge is -2.40. The Hall–Kier alpha value is -7.94. The summed E-state index contributed by atoms with van der Waals surface area (Å²) in [6.45, 7) is 0. The number of ether oxygens (including phenoxy) is 1. The zero-order valence-electron chi connectivity index (χ0n) is 31.2. The van der Waals surface area contributed by atoms with E-state index in [1.165, 1.54) is 5.56 Å². The van der Waals surface area contributed by atoms with E-state index in [0.717, 1.165) is 78.3 Å². The van der Waals surface area contributed by atoms with Crippen LogP contribution in [0.4, 0.5) is 0 Å². The van der Waals surface area contributed by atoms with Gasteiger partial charge in [-0.25, -0.2) is 15.0 Å². The molecule has 2 heterocycles. The van der Waals surface area contributed by atoms with Crippen molar-refractivity contribution in [3.8, 4) is 85.1 Å². The largest absolute Gasteiger partial charge is 0.456 e. The van der Waals surface area contributed by atoms with Crippen LogP contribution in [0.2, 0.25) is 0 Å². The normalized spacial score (nSPS) is 14.4. The van der Waals surface area contributed by atoms with Crippen molar-refractivity contribution >= 4 is 0 Å². The number of rotatable bonds is 5. The first-order chi connectivity index (χ1) is 28.7. The van der Waals surface area contributed by atoms with E-state index in [4.69, 9.17) is 19.7 Å². The number of nitrogens with zero attached hydrogens (tertiary/aromatic N) is 4. The van der Waals surface area contributed by atoms with Gasteiger partial charge in [-0.2, -0.15) is 5.26 Å². The predicted molar refractivity (Wildman–Crippen MR) is 229 cm³/mol. The maximum absolute atomic E-state index is 9.30. The summed E-state index contributed by atoms with van der Waals surface area (Å²) >= 11 is 0. The lowest BCUT2D eigenvalue weighted by molar-refractivity contribution is 0.438. The molecule has 11 rings (SSSR count). The van der Waals surface area contributed by atoms with Crippen molar-refractivity contribution in [1.29, 1.82) is 5.26 Å². The number of hydrogen-bond acceptors (Lipinski definition) is 5. The Morgan fingerprint density at radius 3 is 1.55 bits per heavy atom. The maximum Gasteiger partial charge on any atom is 0.164 e. The lowest BCUT2D eigenvalue weighted by Crippen LogP contribution is -2.32. The van der Waals surface area contributed by atoms with Gasteiger partial charge in [-0.15, -0.1) is 0 Å². The van der Waals surface area contributed by atoms with Gasteiger partial charge in [0.2, 0.25) is 0 Å². The SMILES string of the molecule is N#Cc1ccc(-c2ccc(-c3cccc4c3Oc3ccccc3C43c4ccccc4-c4c(-c5nc(-c6ccccc6)nc(-c6ccccc6)n5)cccc43)cc2)cc1. The Balaban J connectivity index is 1.14. The van der Waals surface area contributed by atoms with Crippen LogP contribution in [-0.4, -0.2) is 15.0 Å². The van der Waals surface area contributed by atoms with E-state index in [-0.39, 0.29) is 0 Å². The van der Waals surface area contributed by atoms with E-state index >= 15 is 0 Å². The molecule has 58 heavy (non-hydrogen) atoms. The van der Waals surface area contributed by atoms with Crippen LogP contribution in [0, 0.1) is 11.3 Å². The second-order valence-electron chi connectivity index (χ2n) is 14.6. The topological polar surface area (TPSA) is 71.7 Å². The van der Waals surface area contributed by atoms with Gasteiger partial charge in [0, 0.05) is 33.4 Å². The second kappa shape index (κ2) is 13.4. The van der Waals surface area contributed by atoms with Crippen molar-refractivity contribution in [3.05, 3.63) is 222 Å². The third-order valence-corrected chi connectivity index (χ3v) is 11.5. The van der Waals surface area contributed by atoms with E-state index < -0.39 is 5.41 Å². The standard InChI is InChI=1S/C53H32N4O/c54-33-34-25-27-35(28-26-34)36-29-31-37(32-30-36)40-18-11-23-46-49(40)58-47-24-10-9-21-44(47)53(46)43-20-8-7-17-41(43)48-42(19-12-22-45(48)53)52-56-50(38-13-3-1-4-14-38)55-51(57-52)39-15-5-2-6-16-39/h1-32H. The first kappa shape index (κ1) is 33.4. The van der Waals surface area contributed by atoms with Crippen LogP contribution in [0.1, 0.15) is 27.8 Å². The number of hydrogen-bond donors (Lipinski definition) is 0. The second-order valence-corrected chi connectivity index (χ2v) is 14.6. The monoisotopic (exact) mass is 740 g/mol. The van der Waals surface area contributed by atoms with E-state index in [9.17, 15) is 5.26 Å². The summed E-state index contributed by atoms with van der Waals surface area (Å²) in [5.41, 5.74) is 13.7. The third kappa shape index (κ3) is 5.13. The highest BCUT2D eigenvalue weighted by molar-refractivity contribution is 5.96. The average Bonchev–Trinajstić information content (AvgIpc) is 3.60. The minimum atomic E-state index is -0.692. The molecule has 0 saturated carbocycles. The van der Waals surface area contributed by atoms with Crippen molar-refractivity contribution < 1.29 is 4.74 Å². The predicted octanol–water partition coefficient (Wildman–Crippen LogP) is 12.5. The molecule has 0 radical (unpaired) electrons. The van der Waals surface area contributed by atoms with Crippen molar-refractivity contribution in [2.75, 3.05) is 0 Å². The molecule has 5 nitrogen and oxygen atoms in total. The summed E-state index contributed by atoms with van der Waals surface area (Å²) in [5, 5.41) is 9.30. The molecule has 270 valence electrons. The number of nitriles is 1. The third-order valence-electron chi connectivity index (χ3n) is 11.5. The quantitative estimate of drug-likeness (QED) is 0.176. The summed E-state index contributed by atoms with van der Waals surface area (Å²) in [6.07, 6.45) is 0. The van der Waals surface area contributed by atoms with Crippen LogP contribution >= 0.6 is 0 Å². The summed E-state index contributed by atoms with van der Waals surface area (Å²) in [4.78, 5) is 15.4. The molecule has 1 aromatic heterocycles. The molecule has 1 aliphatic carbocycles. The molecule has 8 aromatic carbocycles. The van der Waals surface area contributed by atoms with Crippen molar-refractivity contribution in [1.82, 2.24) is 15.0 Å². The Morgan fingerprint density at radius 1 is 0.379 bits per heavy atom. The highest BCUT2D eigenvalue weighted by atomic mass is 16.5. The maximum atomic E-state index is 9.30. The summed E-state index contributed by atoms with van der Waals surface area (Å²) in [7, 11) is 0. The number of fused-ring (bicyclic) bond motifs is 9. The molecule has 9 aromatic rings. The molecular weight excluding hydrogens is 709 g/mol. The molecule has 1 unspecified atom stereocenters. The fourth-order valence-electron chi connectivity index (χ4n) is 8.89. The molecule has 1 spiro atoms. The molecule has 0 bridgehead atoms. The molecule has 1 aliphatic heterocycles. The molecular formula is C53H32N4O. The fraction of sp³-hybridized carbons (Fsp3) is 0.0189. The summed E-state index contributed by atoms with van der Waals surface area (Å²) in [5.74, 6) is 3.52. The molecule has 2 aliphatic rings. The number of para-hydroxylation sites is 2. The molecule has 0 saturated heterocycles. The van der Waals surface area contributed by atoms with Crippen LogP contribution < -0.4 is 4.74 Å². The molecule has 0 amide bonds. The van der Waals surface area contributed by atoms with Gasteiger partial charge in [-0.3, -0.25) is 0 Å². The molecule has 0 N–H and O–H groups in total. The first-order valence-electron chi connectivity index (χ1n) is 19.3. The zero-order valence-corrected chi connectivity index (χ0v) is 31.2. The highest BCUT2D eigenvalue weighted by Gasteiger charge is 2.52. The Labute approximate surface area is 336 Å². The van der Waals surface area contributed by atoms with Crippen molar-refractivity contribution in [3.63, 3.8) is 0 Å². The highest BCUT2D eigenvalue weighted by Crippen LogP contribution is 2.64. The van der Waals surface area contributed by atoms with E-state index in [0.29, 0.717) is 23.0 Å².